The van der Waals surface area contributed by atoms with E-state index in [-0.39, 0.29) is 24.3 Å². The van der Waals surface area contributed by atoms with Crippen molar-refractivity contribution in [3.63, 3.8) is 0 Å². The van der Waals surface area contributed by atoms with Crippen LogP contribution in [0, 0.1) is 5.82 Å². The summed E-state index contributed by atoms with van der Waals surface area (Å²) in [5.74, 6) is -0.407. The molecule has 4 nitrogen and oxygen atoms in total. The van der Waals surface area contributed by atoms with Crippen LogP contribution >= 0.6 is 15.9 Å². The number of nitrogens with one attached hydrogen (secondary N) is 2. The van der Waals surface area contributed by atoms with E-state index in [9.17, 15) is 9.18 Å². The van der Waals surface area contributed by atoms with Gasteiger partial charge in [-0.15, -0.1) is 0 Å². The summed E-state index contributed by atoms with van der Waals surface area (Å²) in [4.78, 5) is 11.6. The average Bonchev–Trinajstić information content (AvgIpc) is 2.33. The predicted octanol–water partition coefficient (Wildman–Crippen LogP) is 1.83. The minimum atomic E-state index is -0.293. The summed E-state index contributed by atoms with van der Waals surface area (Å²) in [5, 5.41) is 5.75. The van der Waals surface area contributed by atoms with Crippen LogP contribution < -0.4 is 10.6 Å². The van der Waals surface area contributed by atoms with Crippen LogP contribution in [0.15, 0.2) is 22.7 Å². The molecule has 1 unspecified atom stereocenters. The van der Waals surface area contributed by atoms with Gasteiger partial charge in [0.25, 0.3) is 0 Å². The van der Waals surface area contributed by atoms with E-state index >= 15 is 0 Å². The molecule has 0 aliphatic carbocycles. The fourth-order valence-electron chi connectivity index (χ4n) is 1.61. The highest BCUT2D eigenvalue weighted by molar-refractivity contribution is 9.10. The van der Waals surface area contributed by atoms with Gasteiger partial charge in [-0.1, -0.05) is 15.9 Å². The van der Waals surface area contributed by atoms with Crippen molar-refractivity contribution < 1.29 is 13.9 Å². The van der Waals surface area contributed by atoms with E-state index in [4.69, 9.17) is 4.74 Å². The zero-order chi connectivity index (χ0) is 14.3. The first-order valence-corrected chi connectivity index (χ1v) is 6.75. The maximum atomic E-state index is 13.0. The smallest absolute Gasteiger partial charge is 0.234 e. The van der Waals surface area contributed by atoms with E-state index in [1.807, 2.05) is 6.92 Å². The number of halogens is 2. The first-order valence-electron chi connectivity index (χ1n) is 5.96. The van der Waals surface area contributed by atoms with Crippen molar-refractivity contribution >= 4 is 21.8 Å². The molecule has 6 heteroatoms. The highest BCUT2D eigenvalue weighted by atomic mass is 79.9. The molecule has 1 amide bonds. The van der Waals surface area contributed by atoms with E-state index < -0.39 is 0 Å². The Morgan fingerprint density at radius 1 is 1.53 bits per heavy atom. The lowest BCUT2D eigenvalue weighted by molar-refractivity contribution is -0.121. The Labute approximate surface area is 120 Å². The molecule has 0 aliphatic heterocycles. The quantitative estimate of drug-likeness (QED) is 0.800. The number of amides is 1. The number of benzene rings is 1. The normalized spacial score (nSPS) is 12.2. The second-order valence-electron chi connectivity index (χ2n) is 4.26. The summed E-state index contributed by atoms with van der Waals surface area (Å²) in [6.07, 6.45) is 0. The third-order valence-electron chi connectivity index (χ3n) is 2.43. The highest BCUT2D eigenvalue weighted by Gasteiger charge is 2.07. The lowest BCUT2D eigenvalue weighted by atomic mass is 10.2. The molecular weight excluding hydrogens is 315 g/mol. The molecule has 1 atom stereocenters. The van der Waals surface area contributed by atoms with Gasteiger partial charge in [0.2, 0.25) is 5.91 Å². The molecule has 0 saturated heterocycles. The molecule has 2 N–H and O–H groups in total. The van der Waals surface area contributed by atoms with Crippen molar-refractivity contribution in [1.82, 2.24) is 10.6 Å². The van der Waals surface area contributed by atoms with E-state index in [1.165, 1.54) is 12.1 Å². The van der Waals surface area contributed by atoms with Crippen molar-refractivity contribution in [2.45, 2.75) is 19.5 Å². The lowest BCUT2D eigenvalue weighted by Gasteiger charge is -2.13. The summed E-state index contributed by atoms with van der Waals surface area (Å²) >= 11 is 3.33. The minimum Gasteiger partial charge on any atom is -0.383 e. The van der Waals surface area contributed by atoms with Crippen molar-refractivity contribution in [1.29, 1.82) is 0 Å². The summed E-state index contributed by atoms with van der Waals surface area (Å²) in [5.41, 5.74) is 0.776. The topological polar surface area (TPSA) is 50.4 Å². The Hall–Kier alpha value is -0.980. The Morgan fingerprint density at radius 2 is 2.26 bits per heavy atom. The van der Waals surface area contributed by atoms with Crippen molar-refractivity contribution in [2.24, 2.45) is 0 Å². The lowest BCUT2D eigenvalue weighted by Crippen LogP contribution is -2.40. The monoisotopic (exact) mass is 332 g/mol. The first kappa shape index (κ1) is 16.1. The van der Waals surface area contributed by atoms with Gasteiger partial charge in [0.05, 0.1) is 13.2 Å². The Bertz CT molecular complexity index is 429. The van der Waals surface area contributed by atoms with Gasteiger partial charge >= 0.3 is 0 Å². The highest BCUT2D eigenvalue weighted by Crippen LogP contribution is 2.17. The summed E-state index contributed by atoms with van der Waals surface area (Å²) in [6, 6.07) is 4.43. The van der Waals surface area contributed by atoms with Crippen LogP contribution in [0.25, 0.3) is 0 Å². The zero-order valence-electron chi connectivity index (χ0n) is 11.0. The standard InChI is InChI=1S/C13H18BrFN2O2/c1-9(8-19-2)17-13(18)7-16-6-10-5-11(15)3-4-12(10)14/h3-5,9,16H,6-8H2,1-2H3,(H,17,18). The molecule has 0 aromatic heterocycles. The van der Waals surface area contributed by atoms with Gasteiger partial charge in [0.15, 0.2) is 0 Å². The third kappa shape index (κ3) is 6.13. The summed E-state index contributed by atoms with van der Waals surface area (Å²) in [6.45, 7) is 2.94. The van der Waals surface area contributed by atoms with E-state index in [2.05, 4.69) is 26.6 Å². The van der Waals surface area contributed by atoms with Crippen LogP contribution in [0.3, 0.4) is 0 Å². The van der Waals surface area contributed by atoms with Crippen molar-refractivity contribution in [3.8, 4) is 0 Å². The Kier molecular flexibility index (Phi) is 6.97. The molecule has 0 radical (unpaired) electrons. The number of hydrogen-bond acceptors (Lipinski definition) is 3. The largest absolute Gasteiger partial charge is 0.383 e. The fourth-order valence-corrected chi connectivity index (χ4v) is 1.99. The van der Waals surface area contributed by atoms with Gasteiger partial charge in [-0.2, -0.15) is 0 Å². The van der Waals surface area contributed by atoms with Crippen LogP contribution in [0.1, 0.15) is 12.5 Å². The molecular formula is C13H18BrFN2O2. The molecule has 0 heterocycles. The SMILES string of the molecule is COCC(C)NC(=O)CNCc1cc(F)ccc1Br. The van der Waals surface area contributed by atoms with Crippen molar-refractivity contribution in [2.75, 3.05) is 20.3 Å². The molecule has 0 bridgehead atoms. The van der Waals surface area contributed by atoms with Gasteiger partial charge < -0.3 is 15.4 Å². The molecule has 0 aliphatic rings. The summed E-state index contributed by atoms with van der Waals surface area (Å²) in [7, 11) is 1.59. The number of carbonyl (C=O) groups is 1. The molecule has 0 fully saturated rings. The fraction of sp³-hybridized carbons (Fsp3) is 0.462. The average molecular weight is 333 g/mol. The van der Waals surface area contributed by atoms with E-state index in [1.54, 1.807) is 13.2 Å². The van der Waals surface area contributed by atoms with E-state index in [0.29, 0.717) is 13.2 Å². The number of hydrogen-bond donors (Lipinski definition) is 2. The molecule has 0 saturated carbocycles. The number of carbonyl (C=O) groups excluding carboxylic acids is 1. The van der Waals surface area contributed by atoms with Crippen LogP contribution in [-0.4, -0.2) is 32.2 Å². The number of methoxy groups -OCH3 is 1. The van der Waals surface area contributed by atoms with Crippen molar-refractivity contribution in [3.05, 3.63) is 34.1 Å². The van der Waals surface area contributed by atoms with Crippen LogP contribution in [0.2, 0.25) is 0 Å². The van der Waals surface area contributed by atoms with Crippen LogP contribution in [0.5, 0.6) is 0 Å². The first-order chi connectivity index (χ1) is 9.02. The number of rotatable bonds is 7. The van der Waals surface area contributed by atoms with Gasteiger partial charge in [0, 0.05) is 24.2 Å². The third-order valence-corrected chi connectivity index (χ3v) is 3.21. The molecule has 0 spiro atoms. The summed E-state index contributed by atoms with van der Waals surface area (Å²) < 4.78 is 18.8. The molecule has 1 aromatic rings. The Morgan fingerprint density at radius 3 is 2.95 bits per heavy atom. The van der Waals surface area contributed by atoms with E-state index in [0.717, 1.165) is 10.0 Å². The van der Waals surface area contributed by atoms with Crippen LogP contribution in [0.4, 0.5) is 4.39 Å². The predicted molar refractivity (Wildman–Crippen MR) is 75.3 cm³/mol. The second kappa shape index (κ2) is 8.24. The minimum absolute atomic E-state index is 0.0276. The Balaban J connectivity index is 2.33. The van der Waals surface area contributed by atoms with Crippen LogP contribution in [-0.2, 0) is 16.1 Å². The van der Waals surface area contributed by atoms with Gasteiger partial charge in [-0.3, -0.25) is 4.79 Å². The number of ether oxygens (including phenoxy) is 1. The van der Waals surface area contributed by atoms with Gasteiger partial charge in [0.1, 0.15) is 5.82 Å². The zero-order valence-corrected chi connectivity index (χ0v) is 12.6. The molecule has 106 valence electrons. The molecule has 19 heavy (non-hydrogen) atoms. The second-order valence-corrected chi connectivity index (χ2v) is 5.12. The maximum absolute atomic E-state index is 13.0. The molecule has 1 aromatic carbocycles. The maximum Gasteiger partial charge on any atom is 0.234 e. The molecule has 1 rings (SSSR count). The van der Waals surface area contributed by atoms with Gasteiger partial charge in [-0.25, -0.2) is 4.39 Å². The van der Waals surface area contributed by atoms with Gasteiger partial charge in [-0.05, 0) is 30.7 Å².